The largest absolute Gasteiger partial charge is 0.493 e. The first-order valence-electron chi connectivity index (χ1n) is 5.70. The highest BCUT2D eigenvalue weighted by Crippen LogP contribution is 2.38. The summed E-state index contributed by atoms with van der Waals surface area (Å²) in [4.78, 5) is 0. The van der Waals surface area contributed by atoms with E-state index < -0.39 is 0 Å². The lowest BCUT2D eigenvalue weighted by molar-refractivity contribution is 0.323. The van der Waals surface area contributed by atoms with Gasteiger partial charge in [0.15, 0.2) is 11.5 Å². The van der Waals surface area contributed by atoms with E-state index in [-0.39, 0.29) is 6.04 Å². The molecular weight excluding hydrogens is 218 g/mol. The van der Waals surface area contributed by atoms with Gasteiger partial charge in [-0.2, -0.15) is 0 Å². The van der Waals surface area contributed by atoms with Crippen LogP contribution in [-0.2, 0) is 6.42 Å². The van der Waals surface area contributed by atoms with Crippen molar-refractivity contribution < 1.29 is 14.2 Å². The molecule has 0 radical (unpaired) electrons. The normalized spacial score (nSPS) is 12.1. The second-order valence-corrected chi connectivity index (χ2v) is 3.91. The summed E-state index contributed by atoms with van der Waals surface area (Å²) < 4.78 is 15.8. The molecule has 1 atom stereocenters. The number of nitrogens with two attached hydrogens (primary N) is 1. The third kappa shape index (κ3) is 3.27. The Balaban J connectivity index is 3.08. The zero-order valence-corrected chi connectivity index (χ0v) is 10.9. The van der Waals surface area contributed by atoms with Crippen molar-refractivity contribution in [3.8, 4) is 17.2 Å². The van der Waals surface area contributed by atoms with Crippen molar-refractivity contribution in [3.63, 3.8) is 0 Å². The van der Waals surface area contributed by atoms with Gasteiger partial charge in [0, 0.05) is 6.04 Å². The second-order valence-electron chi connectivity index (χ2n) is 3.91. The number of ether oxygens (including phenoxy) is 3. The topological polar surface area (TPSA) is 53.7 Å². The lowest BCUT2D eigenvalue weighted by Crippen LogP contribution is -2.21. The minimum Gasteiger partial charge on any atom is -0.493 e. The van der Waals surface area contributed by atoms with Crippen LogP contribution in [0.5, 0.6) is 17.2 Å². The van der Waals surface area contributed by atoms with Crippen molar-refractivity contribution in [2.24, 2.45) is 5.73 Å². The minimum atomic E-state index is 0.151. The maximum absolute atomic E-state index is 5.95. The Bertz CT molecular complexity index is 341. The summed E-state index contributed by atoms with van der Waals surface area (Å²) >= 11 is 0. The van der Waals surface area contributed by atoms with Gasteiger partial charge in [0.05, 0.1) is 21.3 Å². The van der Waals surface area contributed by atoms with Gasteiger partial charge in [-0.25, -0.2) is 0 Å². The van der Waals surface area contributed by atoms with E-state index in [4.69, 9.17) is 19.9 Å². The van der Waals surface area contributed by atoms with Crippen molar-refractivity contribution in [3.05, 3.63) is 17.7 Å². The molecule has 17 heavy (non-hydrogen) atoms. The Morgan fingerprint density at radius 2 is 1.59 bits per heavy atom. The maximum Gasteiger partial charge on any atom is 0.203 e. The van der Waals surface area contributed by atoms with Gasteiger partial charge in [-0.05, 0) is 30.5 Å². The molecule has 0 bridgehead atoms. The fraction of sp³-hybridized carbons (Fsp3) is 0.538. The highest BCUT2D eigenvalue weighted by Gasteiger charge is 2.14. The van der Waals surface area contributed by atoms with E-state index in [0.717, 1.165) is 18.4 Å². The van der Waals surface area contributed by atoms with Gasteiger partial charge in [0.2, 0.25) is 5.75 Å². The lowest BCUT2D eigenvalue weighted by Gasteiger charge is -2.15. The molecule has 0 saturated carbocycles. The van der Waals surface area contributed by atoms with Gasteiger partial charge >= 0.3 is 0 Å². The minimum absolute atomic E-state index is 0.151. The molecule has 1 aromatic rings. The average molecular weight is 239 g/mol. The number of methoxy groups -OCH3 is 3. The zero-order chi connectivity index (χ0) is 12.8. The molecule has 0 spiro atoms. The third-order valence-electron chi connectivity index (χ3n) is 2.75. The molecule has 0 aliphatic rings. The molecule has 1 rings (SSSR count). The van der Waals surface area contributed by atoms with Crippen LogP contribution in [-0.4, -0.2) is 27.4 Å². The Morgan fingerprint density at radius 1 is 1.06 bits per heavy atom. The molecule has 2 N–H and O–H groups in total. The third-order valence-corrected chi connectivity index (χ3v) is 2.75. The van der Waals surface area contributed by atoms with E-state index in [2.05, 4.69) is 6.92 Å². The molecule has 0 saturated heterocycles. The molecule has 1 aromatic carbocycles. The first kappa shape index (κ1) is 13.6. The van der Waals surface area contributed by atoms with Gasteiger partial charge in [-0.1, -0.05) is 6.92 Å². The molecule has 0 aliphatic heterocycles. The first-order valence-corrected chi connectivity index (χ1v) is 5.70. The van der Waals surface area contributed by atoms with Crippen LogP contribution in [0.25, 0.3) is 0 Å². The van der Waals surface area contributed by atoms with Crippen molar-refractivity contribution in [2.45, 2.75) is 25.8 Å². The summed E-state index contributed by atoms with van der Waals surface area (Å²) in [6.07, 6.45) is 1.74. The summed E-state index contributed by atoms with van der Waals surface area (Å²) in [6.45, 7) is 2.07. The van der Waals surface area contributed by atoms with Crippen LogP contribution in [0.4, 0.5) is 0 Å². The summed E-state index contributed by atoms with van der Waals surface area (Å²) in [6, 6.07) is 4.03. The van der Waals surface area contributed by atoms with E-state index in [0.29, 0.717) is 17.2 Å². The molecular formula is C13H21NO3. The van der Waals surface area contributed by atoms with Crippen molar-refractivity contribution in [1.82, 2.24) is 0 Å². The van der Waals surface area contributed by atoms with Crippen LogP contribution in [0, 0.1) is 0 Å². The molecule has 0 amide bonds. The monoisotopic (exact) mass is 239 g/mol. The Morgan fingerprint density at radius 3 is 1.94 bits per heavy atom. The van der Waals surface area contributed by atoms with E-state index in [1.807, 2.05) is 12.1 Å². The first-order chi connectivity index (χ1) is 8.15. The molecule has 1 unspecified atom stereocenters. The molecule has 4 nitrogen and oxygen atoms in total. The molecule has 0 heterocycles. The van der Waals surface area contributed by atoms with Crippen molar-refractivity contribution in [2.75, 3.05) is 21.3 Å². The van der Waals surface area contributed by atoms with Gasteiger partial charge in [-0.15, -0.1) is 0 Å². The average Bonchev–Trinajstić information content (AvgIpc) is 2.37. The van der Waals surface area contributed by atoms with Gasteiger partial charge in [0.1, 0.15) is 0 Å². The zero-order valence-electron chi connectivity index (χ0n) is 10.9. The van der Waals surface area contributed by atoms with Crippen LogP contribution in [0.2, 0.25) is 0 Å². The molecule has 0 aliphatic carbocycles. The summed E-state index contributed by atoms with van der Waals surface area (Å²) in [5, 5.41) is 0. The predicted molar refractivity (Wildman–Crippen MR) is 68.1 cm³/mol. The molecule has 96 valence electrons. The number of hydrogen-bond donors (Lipinski definition) is 1. The van der Waals surface area contributed by atoms with Crippen LogP contribution in [0.1, 0.15) is 18.9 Å². The van der Waals surface area contributed by atoms with Crippen LogP contribution < -0.4 is 19.9 Å². The summed E-state index contributed by atoms with van der Waals surface area (Å²) in [5.41, 5.74) is 7.04. The standard InChI is InChI=1S/C13H21NO3/c1-5-10(14)6-9-7-11(15-2)13(17-4)12(8-9)16-3/h7-8,10H,5-6,14H2,1-4H3. The smallest absolute Gasteiger partial charge is 0.203 e. The van der Waals surface area contributed by atoms with Crippen LogP contribution >= 0.6 is 0 Å². The van der Waals surface area contributed by atoms with Gasteiger partial charge < -0.3 is 19.9 Å². The van der Waals surface area contributed by atoms with Crippen molar-refractivity contribution in [1.29, 1.82) is 0 Å². The predicted octanol–water partition coefficient (Wildman–Crippen LogP) is 1.99. The van der Waals surface area contributed by atoms with Crippen molar-refractivity contribution >= 4 is 0 Å². The van der Waals surface area contributed by atoms with Gasteiger partial charge in [0.25, 0.3) is 0 Å². The fourth-order valence-corrected chi connectivity index (χ4v) is 1.70. The highest BCUT2D eigenvalue weighted by atomic mass is 16.5. The quantitative estimate of drug-likeness (QED) is 0.825. The van der Waals surface area contributed by atoms with E-state index in [1.165, 1.54) is 0 Å². The highest BCUT2D eigenvalue weighted by molar-refractivity contribution is 5.53. The molecule has 4 heteroatoms. The Kier molecular flexibility index (Phi) is 5.10. The van der Waals surface area contributed by atoms with Crippen LogP contribution in [0.3, 0.4) is 0 Å². The SMILES string of the molecule is CCC(N)Cc1cc(OC)c(OC)c(OC)c1. The van der Waals surface area contributed by atoms with E-state index in [1.54, 1.807) is 21.3 Å². The van der Waals surface area contributed by atoms with Gasteiger partial charge in [-0.3, -0.25) is 0 Å². The molecule has 0 aromatic heterocycles. The number of benzene rings is 1. The molecule has 0 fully saturated rings. The maximum atomic E-state index is 5.95. The lowest BCUT2D eigenvalue weighted by atomic mass is 10.0. The van der Waals surface area contributed by atoms with Crippen LogP contribution in [0.15, 0.2) is 12.1 Å². The van der Waals surface area contributed by atoms with E-state index in [9.17, 15) is 0 Å². The second kappa shape index (κ2) is 6.35. The Hall–Kier alpha value is -1.42. The summed E-state index contributed by atoms with van der Waals surface area (Å²) in [5.74, 6) is 1.96. The fourth-order valence-electron chi connectivity index (χ4n) is 1.70. The number of hydrogen-bond acceptors (Lipinski definition) is 4. The number of rotatable bonds is 6. The van der Waals surface area contributed by atoms with E-state index >= 15 is 0 Å². The summed E-state index contributed by atoms with van der Waals surface area (Å²) in [7, 11) is 4.82. The Labute approximate surface area is 103 Å².